The first-order chi connectivity index (χ1) is 8.50. The van der Waals surface area contributed by atoms with E-state index < -0.39 is 0 Å². The molecule has 1 aromatic carbocycles. The van der Waals surface area contributed by atoms with Crippen molar-refractivity contribution < 1.29 is 4.74 Å². The molecule has 2 heteroatoms. The second kappa shape index (κ2) is 4.89. The van der Waals surface area contributed by atoms with E-state index in [1.54, 1.807) is 0 Å². The lowest BCUT2D eigenvalue weighted by atomic mass is 10.1. The van der Waals surface area contributed by atoms with Crippen LogP contribution in [0.3, 0.4) is 0 Å². The van der Waals surface area contributed by atoms with Crippen LogP contribution in [0.4, 0.5) is 0 Å². The number of fused-ring (bicyclic) bond motifs is 1. The van der Waals surface area contributed by atoms with Gasteiger partial charge in [-0.2, -0.15) is 0 Å². The summed E-state index contributed by atoms with van der Waals surface area (Å²) in [7, 11) is 2.10. The average Bonchev–Trinajstić information content (AvgIpc) is 2.54. The van der Waals surface area contributed by atoms with E-state index in [4.69, 9.17) is 4.74 Å². The number of hydrogen-bond acceptors (Lipinski definition) is 1. The van der Waals surface area contributed by atoms with Crippen molar-refractivity contribution in [3.8, 4) is 0 Å². The van der Waals surface area contributed by atoms with E-state index in [1.807, 2.05) is 13.8 Å². The highest BCUT2D eigenvalue weighted by Gasteiger charge is 2.13. The molecule has 0 aliphatic rings. The maximum absolute atomic E-state index is 5.66. The van der Waals surface area contributed by atoms with Gasteiger partial charge < -0.3 is 9.30 Å². The van der Waals surface area contributed by atoms with E-state index in [0.29, 0.717) is 0 Å². The number of benzene rings is 1. The average molecular weight is 243 g/mol. The summed E-state index contributed by atoms with van der Waals surface area (Å²) in [6, 6.07) is 8.47. The zero-order valence-corrected chi connectivity index (χ0v) is 11.7. The molecule has 0 radical (unpaired) electrons. The van der Waals surface area contributed by atoms with Crippen molar-refractivity contribution in [1.29, 1.82) is 0 Å². The third kappa shape index (κ3) is 2.28. The van der Waals surface area contributed by atoms with Gasteiger partial charge in [-0.25, -0.2) is 0 Å². The molecular formula is C16H21NO. The molecule has 0 spiro atoms. The van der Waals surface area contributed by atoms with Crippen LogP contribution >= 0.6 is 0 Å². The molecular weight excluding hydrogens is 222 g/mol. The van der Waals surface area contributed by atoms with Gasteiger partial charge in [0, 0.05) is 30.1 Å². The number of nitrogens with zero attached hydrogens (tertiary/aromatic N) is 1. The van der Waals surface area contributed by atoms with E-state index in [0.717, 1.165) is 12.2 Å². The first-order valence-corrected chi connectivity index (χ1v) is 6.38. The molecule has 0 aliphatic heterocycles. The highest BCUT2D eigenvalue weighted by Crippen LogP contribution is 2.27. The van der Waals surface area contributed by atoms with Crippen LogP contribution in [0, 0.1) is 6.92 Å². The maximum Gasteiger partial charge on any atom is 0.0936 e. The topological polar surface area (TPSA) is 14.2 Å². The molecule has 1 aromatic heterocycles. The van der Waals surface area contributed by atoms with Gasteiger partial charge in [-0.1, -0.05) is 24.8 Å². The second-order valence-electron chi connectivity index (χ2n) is 5.02. The van der Waals surface area contributed by atoms with Gasteiger partial charge in [0.05, 0.1) is 11.9 Å². The quantitative estimate of drug-likeness (QED) is 0.741. The normalized spacial score (nSPS) is 11.2. The molecule has 0 fully saturated rings. The molecule has 0 aliphatic carbocycles. The SMILES string of the molecule is C=C(Cc1c(C)n(C)c2ccccc12)OC(C)C. The van der Waals surface area contributed by atoms with Gasteiger partial charge in [-0.15, -0.1) is 0 Å². The molecule has 2 nitrogen and oxygen atoms in total. The number of rotatable bonds is 4. The Labute approximate surface area is 109 Å². The first-order valence-electron chi connectivity index (χ1n) is 6.38. The summed E-state index contributed by atoms with van der Waals surface area (Å²) >= 11 is 0. The lowest BCUT2D eigenvalue weighted by molar-refractivity contribution is 0.144. The van der Waals surface area contributed by atoms with Gasteiger partial charge in [0.1, 0.15) is 0 Å². The van der Waals surface area contributed by atoms with Crippen molar-refractivity contribution in [2.75, 3.05) is 0 Å². The van der Waals surface area contributed by atoms with Crippen molar-refractivity contribution in [3.05, 3.63) is 47.9 Å². The largest absolute Gasteiger partial charge is 0.496 e. The van der Waals surface area contributed by atoms with E-state index in [-0.39, 0.29) is 6.10 Å². The summed E-state index contributed by atoms with van der Waals surface area (Å²) in [5.74, 6) is 0.837. The number of allylic oxidation sites excluding steroid dienone is 1. The zero-order chi connectivity index (χ0) is 13.3. The second-order valence-corrected chi connectivity index (χ2v) is 5.02. The minimum Gasteiger partial charge on any atom is -0.496 e. The fourth-order valence-corrected chi connectivity index (χ4v) is 2.39. The van der Waals surface area contributed by atoms with Crippen LogP contribution in [0.5, 0.6) is 0 Å². The van der Waals surface area contributed by atoms with Crippen molar-refractivity contribution in [2.24, 2.45) is 7.05 Å². The Hall–Kier alpha value is -1.70. The van der Waals surface area contributed by atoms with Gasteiger partial charge in [0.25, 0.3) is 0 Å². The highest BCUT2D eigenvalue weighted by atomic mass is 16.5. The lowest BCUT2D eigenvalue weighted by Gasteiger charge is -2.12. The molecule has 18 heavy (non-hydrogen) atoms. The van der Waals surface area contributed by atoms with Crippen molar-refractivity contribution in [3.63, 3.8) is 0 Å². The van der Waals surface area contributed by atoms with Crippen molar-refractivity contribution in [1.82, 2.24) is 4.57 Å². The van der Waals surface area contributed by atoms with Crippen molar-refractivity contribution >= 4 is 10.9 Å². The Bertz CT molecular complexity index is 578. The number of para-hydroxylation sites is 1. The standard InChI is InChI=1S/C16H21NO/c1-11(2)18-12(3)10-15-13(4)17(5)16-9-7-6-8-14(15)16/h6-9,11H,3,10H2,1-2,4-5H3. The van der Waals surface area contributed by atoms with Crippen LogP contribution in [0.25, 0.3) is 10.9 Å². The van der Waals surface area contributed by atoms with Crippen LogP contribution < -0.4 is 0 Å². The Morgan fingerprint density at radius 3 is 2.67 bits per heavy atom. The van der Waals surface area contributed by atoms with Crippen LogP contribution in [0.1, 0.15) is 25.1 Å². The van der Waals surface area contributed by atoms with Gasteiger partial charge in [-0.3, -0.25) is 0 Å². The minimum absolute atomic E-state index is 0.188. The van der Waals surface area contributed by atoms with Gasteiger partial charge in [0.2, 0.25) is 0 Å². The predicted molar refractivity (Wildman–Crippen MR) is 76.7 cm³/mol. The fourth-order valence-electron chi connectivity index (χ4n) is 2.39. The van der Waals surface area contributed by atoms with Gasteiger partial charge in [-0.05, 0) is 32.4 Å². The molecule has 1 heterocycles. The number of hydrogen-bond donors (Lipinski definition) is 0. The zero-order valence-electron chi connectivity index (χ0n) is 11.7. The Kier molecular flexibility index (Phi) is 3.46. The highest BCUT2D eigenvalue weighted by molar-refractivity contribution is 5.85. The first kappa shape index (κ1) is 12.7. The van der Waals surface area contributed by atoms with Gasteiger partial charge in [0.15, 0.2) is 0 Å². The summed E-state index contributed by atoms with van der Waals surface area (Å²) in [5.41, 5.74) is 3.87. The Morgan fingerprint density at radius 2 is 2.00 bits per heavy atom. The molecule has 2 rings (SSSR count). The summed E-state index contributed by atoms with van der Waals surface area (Å²) in [5, 5.41) is 1.30. The minimum atomic E-state index is 0.188. The monoisotopic (exact) mass is 243 g/mol. The van der Waals surface area contributed by atoms with Gasteiger partial charge >= 0.3 is 0 Å². The maximum atomic E-state index is 5.66. The molecule has 96 valence electrons. The van der Waals surface area contributed by atoms with E-state index in [1.165, 1.54) is 22.2 Å². The Balaban J connectivity index is 2.39. The van der Waals surface area contributed by atoms with E-state index in [2.05, 4.69) is 49.4 Å². The smallest absolute Gasteiger partial charge is 0.0936 e. The Morgan fingerprint density at radius 1 is 1.33 bits per heavy atom. The van der Waals surface area contributed by atoms with Crippen LogP contribution in [0.2, 0.25) is 0 Å². The summed E-state index contributed by atoms with van der Waals surface area (Å²) < 4.78 is 7.89. The molecule has 0 unspecified atom stereocenters. The molecule has 0 amide bonds. The third-order valence-electron chi connectivity index (χ3n) is 3.31. The van der Waals surface area contributed by atoms with Crippen molar-refractivity contribution in [2.45, 2.75) is 33.3 Å². The summed E-state index contributed by atoms with van der Waals surface area (Å²) in [4.78, 5) is 0. The number of ether oxygens (including phenoxy) is 1. The van der Waals surface area contributed by atoms with E-state index >= 15 is 0 Å². The van der Waals surface area contributed by atoms with Crippen LogP contribution in [0.15, 0.2) is 36.6 Å². The molecule has 0 N–H and O–H groups in total. The fraction of sp³-hybridized carbons (Fsp3) is 0.375. The lowest BCUT2D eigenvalue weighted by Crippen LogP contribution is -2.04. The molecule has 0 saturated heterocycles. The molecule has 2 aromatic rings. The number of aromatic nitrogens is 1. The summed E-state index contributed by atoms with van der Waals surface area (Å²) in [6.07, 6.45) is 0.971. The third-order valence-corrected chi connectivity index (χ3v) is 3.31. The van der Waals surface area contributed by atoms with E-state index in [9.17, 15) is 0 Å². The molecule has 0 saturated carbocycles. The van der Waals surface area contributed by atoms with Crippen LogP contribution in [-0.4, -0.2) is 10.7 Å². The predicted octanol–water partition coefficient (Wildman–Crippen LogP) is 3.97. The summed E-state index contributed by atoms with van der Waals surface area (Å²) in [6.45, 7) is 10.2. The molecule has 0 atom stereocenters. The van der Waals surface area contributed by atoms with Crippen LogP contribution in [-0.2, 0) is 18.2 Å². The number of aryl methyl sites for hydroxylation is 1. The molecule has 0 bridgehead atoms.